The molecular formula is C18H28BrN3O4. The van der Waals surface area contributed by atoms with Crippen LogP contribution in [-0.2, 0) is 16.0 Å². The molecule has 0 saturated carbocycles. The van der Waals surface area contributed by atoms with Gasteiger partial charge in [-0.25, -0.2) is 4.98 Å². The summed E-state index contributed by atoms with van der Waals surface area (Å²) in [6.07, 6.45) is 2.77. The summed E-state index contributed by atoms with van der Waals surface area (Å²) < 4.78 is 5.49. The Morgan fingerprint density at radius 1 is 1.46 bits per heavy atom. The fraction of sp³-hybridized carbons (Fsp3) is 0.667. The molecule has 2 heterocycles. The van der Waals surface area contributed by atoms with Crippen LogP contribution in [-0.4, -0.2) is 35.6 Å². The van der Waals surface area contributed by atoms with Crippen LogP contribution in [0.4, 0.5) is 11.4 Å². The van der Waals surface area contributed by atoms with Gasteiger partial charge in [0.1, 0.15) is 10.3 Å². The van der Waals surface area contributed by atoms with Crippen molar-refractivity contribution in [3.8, 4) is 0 Å². The molecule has 146 valence electrons. The number of hydrogen-bond donors (Lipinski definition) is 0. The number of ether oxygens (including phenoxy) is 1. The normalized spacial score (nSPS) is 16.5. The van der Waals surface area contributed by atoms with Crippen molar-refractivity contribution in [2.24, 2.45) is 5.92 Å². The summed E-state index contributed by atoms with van der Waals surface area (Å²) in [7, 11) is 0. The summed E-state index contributed by atoms with van der Waals surface area (Å²) in [5, 5.41) is 11.5. The lowest BCUT2D eigenvalue weighted by Gasteiger charge is -2.34. The first kappa shape index (κ1) is 22.3. The van der Waals surface area contributed by atoms with Crippen molar-refractivity contribution in [2.75, 3.05) is 24.6 Å². The molecule has 1 aliphatic rings. The summed E-state index contributed by atoms with van der Waals surface area (Å²) in [5.74, 6) is -0.0609. The van der Waals surface area contributed by atoms with E-state index in [0.717, 1.165) is 19.4 Å². The molecule has 1 fully saturated rings. The van der Waals surface area contributed by atoms with Crippen LogP contribution in [0.15, 0.2) is 10.7 Å². The molecule has 0 spiro atoms. The molecule has 7 nitrogen and oxygen atoms in total. The van der Waals surface area contributed by atoms with Crippen LogP contribution in [0.25, 0.3) is 0 Å². The summed E-state index contributed by atoms with van der Waals surface area (Å²) in [4.78, 5) is 29.3. The second kappa shape index (κ2) is 11.1. The quantitative estimate of drug-likeness (QED) is 0.286. The molecule has 2 rings (SSSR count). The SMILES string of the molecule is CC.CCOC(=O)CC1CCCN(c2c([N+](=O)[O-])cc(Br)nc2CC)C1. The molecule has 0 radical (unpaired) electrons. The van der Waals surface area contributed by atoms with Crippen molar-refractivity contribution >= 4 is 33.3 Å². The number of carbonyl (C=O) groups is 1. The monoisotopic (exact) mass is 429 g/mol. The summed E-state index contributed by atoms with van der Waals surface area (Å²) in [5.41, 5.74) is 1.35. The van der Waals surface area contributed by atoms with Gasteiger partial charge in [-0.1, -0.05) is 20.8 Å². The molecule has 26 heavy (non-hydrogen) atoms. The Kier molecular flexibility index (Phi) is 9.54. The van der Waals surface area contributed by atoms with Crippen molar-refractivity contribution in [2.45, 2.75) is 53.4 Å². The Labute approximate surface area is 163 Å². The van der Waals surface area contributed by atoms with Crippen molar-refractivity contribution in [1.82, 2.24) is 4.98 Å². The zero-order valence-electron chi connectivity index (χ0n) is 16.0. The van der Waals surface area contributed by atoms with E-state index >= 15 is 0 Å². The number of carbonyl (C=O) groups excluding carboxylic acids is 1. The predicted molar refractivity (Wildman–Crippen MR) is 106 cm³/mol. The van der Waals surface area contributed by atoms with Gasteiger partial charge >= 0.3 is 5.97 Å². The lowest BCUT2D eigenvalue weighted by molar-refractivity contribution is -0.384. The number of rotatable bonds is 6. The van der Waals surface area contributed by atoms with Crippen molar-refractivity contribution in [3.63, 3.8) is 0 Å². The van der Waals surface area contributed by atoms with Gasteiger partial charge < -0.3 is 9.64 Å². The van der Waals surface area contributed by atoms with E-state index in [1.165, 1.54) is 6.07 Å². The molecule has 1 aromatic heterocycles. The third kappa shape index (κ3) is 5.93. The first-order chi connectivity index (χ1) is 12.5. The molecule has 1 atom stereocenters. The number of piperidine rings is 1. The minimum Gasteiger partial charge on any atom is -0.466 e. The zero-order chi connectivity index (χ0) is 19.7. The average Bonchev–Trinajstić information content (AvgIpc) is 2.62. The first-order valence-electron chi connectivity index (χ1n) is 9.20. The summed E-state index contributed by atoms with van der Waals surface area (Å²) in [6, 6.07) is 1.45. The van der Waals surface area contributed by atoms with Crippen LogP contribution < -0.4 is 4.90 Å². The van der Waals surface area contributed by atoms with E-state index in [9.17, 15) is 14.9 Å². The minimum atomic E-state index is -0.365. The maximum absolute atomic E-state index is 11.7. The molecule has 0 aliphatic carbocycles. The predicted octanol–water partition coefficient (Wildman–Crippen LogP) is 4.51. The minimum absolute atomic E-state index is 0.0607. The van der Waals surface area contributed by atoms with Crippen LogP contribution in [0.3, 0.4) is 0 Å². The maximum atomic E-state index is 11.7. The largest absolute Gasteiger partial charge is 0.466 e. The van der Waals surface area contributed by atoms with Gasteiger partial charge in [-0.15, -0.1) is 0 Å². The van der Waals surface area contributed by atoms with E-state index in [0.29, 0.717) is 42.0 Å². The third-order valence-electron chi connectivity index (χ3n) is 4.14. The second-order valence-electron chi connectivity index (χ2n) is 5.83. The molecule has 0 amide bonds. The molecular weight excluding hydrogens is 402 g/mol. The van der Waals surface area contributed by atoms with Crippen LogP contribution in [0.5, 0.6) is 0 Å². The van der Waals surface area contributed by atoms with Crippen LogP contribution in [0.1, 0.15) is 52.7 Å². The molecule has 8 heteroatoms. The molecule has 0 bridgehead atoms. The average molecular weight is 430 g/mol. The number of nitrogens with zero attached hydrogens (tertiary/aromatic N) is 3. The lowest BCUT2D eigenvalue weighted by Crippen LogP contribution is -2.37. The van der Waals surface area contributed by atoms with Gasteiger partial charge in [-0.2, -0.15) is 0 Å². The summed E-state index contributed by atoms with van der Waals surface area (Å²) >= 11 is 3.25. The van der Waals surface area contributed by atoms with Gasteiger partial charge in [0.15, 0.2) is 0 Å². The molecule has 1 saturated heterocycles. The zero-order valence-corrected chi connectivity index (χ0v) is 17.5. The number of esters is 1. The van der Waals surface area contributed by atoms with E-state index in [1.807, 2.05) is 25.7 Å². The van der Waals surface area contributed by atoms with Gasteiger partial charge in [-0.3, -0.25) is 14.9 Å². The van der Waals surface area contributed by atoms with E-state index in [1.54, 1.807) is 6.92 Å². The Morgan fingerprint density at radius 3 is 2.73 bits per heavy atom. The molecule has 1 aromatic rings. The Balaban J connectivity index is 0.00000163. The van der Waals surface area contributed by atoms with Crippen LogP contribution in [0, 0.1) is 16.0 Å². The lowest BCUT2D eigenvalue weighted by atomic mass is 9.94. The van der Waals surface area contributed by atoms with Gasteiger partial charge in [-0.05, 0) is 48.0 Å². The van der Waals surface area contributed by atoms with E-state index in [-0.39, 0.29) is 22.5 Å². The number of hydrogen-bond acceptors (Lipinski definition) is 6. The number of aryl methyl sites for hydroxylation is 1. The van der Waals surface area contributed by atoms with Crippen molar-refractivity contribution < 1.29 is 14.5 Å². The number of aromatic nitrogens is 1. The number of pyridine rings is 1. The Bertz CT molecular complexity index is 625. The standard InChI is InChI=1S/C16H22BrN3O4.C2H6/c1-3-12-16(13(20(22)23)9-14(17)18-12)19-7-5-6-11(10-19)8-15(21)24-4-2;1-2/h9,11H,3-8,10H2,1-2H3;1-2H3. The van der Waals surface area contributed by atoms with E-state index < -0.39 is 0 Å². The fourth-order valence-electron chi connectivity index (χ4n) is 3.16. The maximum Gasteiger partial charge on any atom is 0.306 e. The highest BCUT2D eigenvalue weighted by Gasteiger charge is 2.30. The molecule has 1 unspecified atom stereocenters. The smallest absolute Gasteiger partial charge is 0.306 e. The topological polar surface area (TPSA) is 85.6 Å². The summed E-state index contributed by atoms with van der Waals surface area (Å²) in [6.45, 7) is 9.43. The van der Waals surface area contributed by atoms with Crippen LogP contribution in [0.2, 0.25) is 0 Å². The highest BCUT2D eigenvalue weighted by Crippen LogP contribution is 2.36. The van der Waals surface area contributed by atoms with Gasteiger partial charge in [0, 0.05) is 13.1 Å². The van der Waals surface area contributed by atoms with Crippen LogP contribution >= 0.6 is 15.9 Å². The number of anilines is 1. The van der Waals surface area contributed by atoms with Gasteiger partial charge in [0.2, 0.25) is 0 Å². The van der Waals surface area contributed by atoms with Gasteiger partial charge in [0.05, 0.1) is 29.7 Å². The Morgan fingerprint density at radius 2 is 2.15 bits per heavy atom. The molecule has 1 aliphatic heterocycles. The molecule has 0 aromatic carbocycles. The number of nitro groups is 1. The Hall–Kier alpha value is -1.70. The van der Waals surface area contributed by atoms with Gasteiger partial charge in [0.25, 0.3) is 5.69 Å². The van der Waals surface area contributed by atoms with Crippen molar-refractivity contribution in [1.29, 1.82) is 0 Å². The highest BCUT2D eigenvalue weighted by atomic mass is 79.9. The second-order valence-corrected chi connectivity index (χ2v) is 6.65. The first-order valence-corrected chi connectivity index (χ1v) is 9.99. The number of halogens is 1. The fourth-order valence-corrected chi connectivity index (χ4v) is 3.59. The van der Waals surface area contributed by atoms with Crippen molar-refractivity contribution in [3.05, 3.63) is 26.5 Å². The highest BCUT2D eigenvalue weighted by molar-refractivity contribution is 9.10. The van der Waals surface area contributed by atoms with E-state index in [4.69, 9.17) is 4.74 Å². The molecule has 0 N–H and O–H groups in total. The van der Waals surface area contributed by atoms with E-state index in [2.05, 4.69) is 20.9 Å². The third-order valence-corrected chi connectivity index (χ3v) is 4.55.